The van der Waals surface area contributed by atoms with E-state index >= 15 is 0 Å². The monoisotopic (exact) mass is 715 g/mol. The number of nitriles is 1. The average Bonchev–Trinajstić information content (AvgIpc) is 3.68. The maximum absolute atomic E-state index is 9.35. The molecule has 9 heteroatoms. The maximum atomic E-state index is 9.35. The second-order valence-electron chi connectivity index (χ2n) is 13.5. The van der Waals surface area contributed by atoms with E-state index in [0.717, 1.165) is 69.8 Å². The van der Waals surface area contributed by atoms with Crippen molar-refractivity contribution >= 4 is 11.6 Å². The molecule has 5 aromatic rings. The third kappa shape index (κ3) is 9.68. The molecule has 0 bridgehead atoms. The number of nitrogens with zero attached hydrogens (tertiary/aromatic N) is 5. The van der Waals surface area contributed by atoms with Crippen LogP contribution in [0.15, 0.2) is 91.5 Å². The van der Waals surface area contributed by atoms with Crippen molar-refractivity contribution in [1.82, 2.24) is 19.8 Å². The lowest BCUT2D eigenvalue weighted by molar-refractivity contribution is 0.262. The molecule has 0 amide bonds. The molecule has 6 rings (SSSR count). The largest absolute Gasteiger partial charge is 0.493 e. The number of hydrogen-bond donors (Lipinski definition) is 0. The SMILES string of the molecule is Cc1c(COc2cc(OCc3cncc(C#N)c3)c(CN(C)Cc3ccncc3)cc2Cl)cccc1-c1cccc(OCCCN2CCCC2)c1C. The second kappa shape index (κ2) is 18.0. The summed E-state index contributed by atoms with van der Waals surface area (Å²) in [5, 5.41) is 9.86. The van der Waals surface area contributed by atoms with Crippen molar-refractivity contribution < 1.29 is 14.2 Å². The molecule has 1 fully saturated rings. The normalized spacial score (nSPS) is 12.9. The van der Waals surface area contributed by atoms with Crippen LogP contribution < -0.4 is 14.2 Å². The molecule has 2 aromatic heterocycles. The summed E-state index contributed by atoms with van der Waals surface area (Å²) in [6.45, 7) is 10.4. The average molecular weight is 716 g/mol. The highest BCUT2D eigenvalue weighted by atomic mass is 35.5. The molecule has 3 heterocycles. The molecule has 0 spiro atoms. The second-order valence-corrected chi connectivity index (χ2v) is 13.9. The molecular weight excluding hydrogens is 670 g/mol. The van der Waals surface area contributed by atoms with E-state index in [-0.39, 0.29) is 6.61 Å². The van der Waals surface area contributed by atoms with Crippen LogP contribution in [0.5, 0.6) is 17.2 Å². The van der Waals surface area contributed by atoms with Gasteiger partial charge in [-0.3, -0.25) is 14.9 Å². The van der Waals surface area contributed by atoms with Crippen LogP contribution in [0, 0.1) is 25.2 Å². The van der Waals surface area contributed by atoms with E-state index in [1.54, 1.807) is 24.7 Å². The van der Waals surface area contributed by atoms with Gasteiger partial charge >= 0.3 is 0 Å². The van der Waals surface area contributed by atoms with Gasteiger partial charge in [-0.1, -0.05) is 41.9 Å². The summed E-state index contributed by atoms with van der Waals surface area (Å²) in [5.74, 6) is 2.12. The van der Waals surface area contributed by atoms with E-state index < -0.39 is 0 Å². The Bertz CT molecular complexity index is 1990. The van der Waals surface area contributed by atoms with E-state index in [2.05, 4.69) is 83.1 Å². The van der Waals surface area contributed by atoms with E-state index in [1.807, 2.05) is 24.3 Å². The van der Waals surface area contributed by atoms with Crippen molar-refractivity contribution in [2.45, 2.75) is 59.4 Å². The van der Waals surface area contributed by atoms with Gasteiger partial charge in [0.15, 0.2) is 0 Å². The topological polar surface area (TPSA) is 83.7 Å². The summed E-state index contributed by atoms with van der Waals surface area (Å²) in [7, 11) is 2.05. The lowest BCUT2D eigenvalue weighted by atomic mass is 9.93. The Morgan fingerprint density at radius 3 is 2.31 bits per heavy atom. The Kier molecular flexibility index (Phi) is 12.8. The number of aromatic nitrogens is 2. The number of hydrogen-bond acceptors (Lipinski definition) is 8. The van der Waals surface area contributed by atoms with Crippen molar-refractivity contribution in [2.75, 3.05) is 33.3 Å². The van der Waals surface area contributed by atoms with Crippen LogP contribution in [-0.4, -0.2) is 53.1 Å². The number of halogens is 1. The molecule has 0 unspecified atom stereocenters. The Morgan fingerprint density at radius 1 is 0.769 bits per heavy atom. The molecule has 0 atom stereocenters. The third-order valence-corrected chi connectivity index (χ3v) is 9.85. The number of pyridine rings is 2. The first-order chi connectivity index (χ1) is 25.4. The Morgan fingerprint density at radius 2 is 1.52 bits per heavy atom. The summed E-state index contributed by atoms with van der Waals surface area (Å²) >= 11 is 6.89. The number of benzene rings is 3. The first-order valence-corrected chi connectivity index (χ1v) is 18.3. The number of rotatable bonds is 16. The quantitative estimate of drug-likeness (QED) is 0.0937. The van der Waals surface area contributed by atoms with Gasteiger partial charge in [-0.05, 0) is 117 Å². The Labute approximate surface area is 312 Å². The van der Waals surface area contributed by atoms with Crippen LogP contribution in [0.4, 0.5) is 0 Å². The molecule has 3 aromatic carbocycles. The van der Waals surface area contributed by atoms with E-state index in [0.29, 0.717) is 41.8 Å². The summed E-state index contributed by atoms with van der Waals surface area (Å²) in [5.41, 5.74) is 9.00. The Hall–Kier alpha value is -4.94. The molecule has 8 nitrogen and oxygen atoms in total. The molecule has 268 valence electrons. The maximum Gasteiger partial charge on any atom is 0.142 e. The standard InChI is InChI=1S/C43H46ClN5O3/c1-31-36(9-6-10-38(31)39-11-7-12-41(32(39)2)50-20-8-19-49-17-4-5-18-49)30-52-43-23-42(51-29-35-21-34(24-45)25-47-26-35)37(22-40(43)44)28-48(3)27-33-13-15-46-16-14-33/h6-7,9-16,21-23,25-26H,4-5,8,17-20,27-30H2,1-3H3. The van der Waals surface area contributed by atoms with Gasteiger partial charge in [0.1, 0.15) is 36.5 Å². The minimum absolute atomic E-state index is 0.242. The number of likely N-dealkylation sites (tertiary alicyclic amines) is 1. The van der Waals surface area contributed by atoms with Crippen LogP contribution in [0.25, 0.3) is 11.1 Å². The van der Waals surface area contributed by atoms with Crippen LogP contribution in [-0.2, 0) is 26.3 Å². The highest BCUT2D eigenvalue weighted by molar-refractivity contribution is 6.32. The van der Waals surface area contributed by atoms with Crippen LogP contribution in [0.1, 0.15) is 58.2 Å². The van der Waals surface area contributed by atoms with Gasteiger partial charge in [-0.25, -0.2) is 0 Å². The smallest absolute Gasteiger partial charge is 0.142 e. The van der Waals surface area contributed by atoms with Gasteiger partial charge in [0.2, 0.25) is 0 Å². The van der Waals surface area contributed by atoms with Crippen molar-refractivity contribution in [3.05, 3.63) is 135 Å². The van der Waals surface area contributed by atoms with Crippen molar-refractivity contribution in [3.63, 3.8) is 0 Å². The van der Waals surface area contributed by atoms with Crippen LogP contribution >= 0.6 is 11.6 Å². The summed E-state index contributed by atoms with van der Waals surface area (Å²) in [6, 6.07) is 24.4. The molecule has 0 aliphatic carbocycles. The predicted octanol–water partition coefficient (Wildman–Crippen LogP) is 8.94. The molecule has 0 N–H and O–H groups in total. The zero-order chi connectivity index (χ0) is 36.3. The first kappa shape index (κ1) is 36.8. The fourth-order valence-electron chi connectivity index (χ4n) is 6.71. The molecule has 1 aliphatic heterocycles. The zero-order valence-electron chi connectivity index (χ0n) is 30.3. The lowest BCUT2D eigenvalue weighted by Crippen LogP contribution is -2.22. The Balaban J connectivity index is 1.18. The minimum atomic E-state index is 0.242. The van der Waals surface area contributed by atoms with Gasteiger partial charge in [-0.2, -0.15) is 5.26 Å². The molecular formula is C43H46ClN5O3. The minimum Gasteiger partial charge on any atom is -0.493 e. The van der Waals surface area contributed by atoms with E-state index in [1.165, 1.54) is 32.1 Å². The highest BCUT2D eigenvalue weighted by Gasteiger charge is 2.17. The summed E-state index contributed by atoms with van der Waals surface area (Å²) in [4.78, 5) is 13.0. The van der Waals surface area contributed by atoms with Crippen molar-refractivity contribution in [1.29, 1.82) is 5.26 Å². The van der Waals surface area contributed by atoms with Crippen molar-refractivity contribution in [2.24, 2.45) is 0 Å². The summed E-state index contributed by atoms with van der Waals surface area (Å²) in [6.07, 6.45) is 10.5. The fraction of sp³-hybridized carbons (Fsp3) is 0.326. The number of ether oxygens (including phenoxy) is 3. The van der Waals surface area contributed by atoms with Gasteiger partial charge in [0.05, 0.1) is 17.2 Å². The van der Waals surface area contributed by atoms with Gasteiger partial charge in [0, 0.05) is 61.6 Å². The van der Waals surface area contributed by atoms with Gasteiger partial charge < -0.3 is 19.1 Å². The molecule has 1 saturated heterocycles. The predicted molar refractivity (Wildman–Crippen MR) is 206 cm³/mol. The van der Waals surface area contributed by atoms with E-state index in [9.17, 15) is 5.26 Å². The third-order valence-electron chi connectivity index (χ3n) is 9.55. The van der Waals surface area contributed by atoms with E-state index in [4.69, 9.17) is 25.8 Å². The van der Waals surface area contributed by atoms with Crippen LogP contribution in [0.3, 0.4) is 0 Å². The highest BCUT2D eigenvalue weighted by Crippen LogP contribution is 2.37. The molecule has 1 aliphatic rings. The van der Waals surface area contributed by atoms with Gasteiger partial charge in [-0.15, -0.1) is 0 Å². The summed E-state index contributed by atoms with van der Waals surface area (Å²) < 4.78 is 19.1. The lowest BCUT2D eigenvalue weighted by Gasteiger charge is -2.21. The van der Waals surface area contributed by atoms with Gasteiger partial charge in [0.25, 0.3) is 0 Å². The first-order valence-electron chi connectivity index (χ1n) is 17.9. The fourth-order valence-corrected chi connectivity index (χ4v) is 6.95. The molecule has 52 heavy (non-hydrogen) atoms. The molecule has 0 saturated carbocycles. The van der Waals surface area contributed by atoms with Crippen molar-refractivity contribution in [3.8, 4) is 34.4 Å². The molecule has 0 radical (unpaired) electrons. The zero-order valence-corrected chi connectivity index (χ0v) is 31.0. The van der Waals surface area contributed by atoms with Crippen LogP contribution in [0.2, 0.25) is 5.02 Å².